The van der Waals surface area contributed by atoms with E-state index in [-0.39, 0.29) is 36.1 Å². The highest BCUT2D eigenvalue weighted by Gasteiger charge is 2.32. The Bertz CT molecular complexity index is 838. The lowest BCUT2D eigenvalue weighted by Gasteiger charge is -2.19. The monoisotopic (exact) mass is 382 g/mol. The fraction of sp³-hybridized carbons (Fsp3) is 0.500. The van der Waals surface area contributed by atoms with Crippen LogP contribution in [0.4, 0.5) is 9.52 Å². The van der Waals surface area contributed by atoms with Crippen molar-refractivity contribution in [2.45, 2.75) is 38.9 Å². The van der Waals surface area contributed by atoms with Crippen molar-refractivity contribution >= 4 is 22.4 Å². The maximum Gasteiger partial charge on any atom is 0.230 e. The lowest BCUT2D eigenvalue weighted by Crippen LogP contribution is -2.28. The van der Waals surface area contributed by atoms with E-state index in [1.54, 1.807) is 0 Å². The molecule has 0 aliphatic carbocycles. The lowest BCUT2D eigenvalue weighted by atomic mass is 10.2. The summed E-state index contributed by atoms with van der Waals surface area (Å²) in [4.78, 5) is 25.1. The van der Waals surface area contributed by atoms with Gasteiger partial charge in [0, 0.05) is 32.5 Å². The van der Waals surface area contributed by atoms with Crippen LogP contribution >= 0.6 is 11.3 Å². The first-order valence-electron chi connectivity index (χ1n) is 8.50. The Morgan fingerprint density at radius 2 is 2.31 bits per heavy atom. The van der Waals surface area contributed by atoms with Crippen LogP contribution in [0.3, 0.4) is 0 Å². The Hall–Kier alpha value is -2.33. The SMILES string of the molecule is [2H][C@]1(Oc2cc(OC)ncn2)C[C@H](C)N(Cc2sc(NC(C)=O)nc2F)C1. The molecule has 0 bridgehead atoms. The van der Waals surface area contributed by atoms with Crippen LogP contribution in [0, 0.1) is 5.95 Å². The molecule has 0 saturated carbocycles. The number of carbonyl (C=O) groups excluding carboxylic acids is 1. The fourth-order valence-electron chi connectivity index (χ4n) is 2.65. The standard InChI is InChI=1S/C16H20FN5O3S/c1-9-4-11(25-14-5-13(24-3)18-8-19-14)6-22(9)7-12-15(17)21-16(26-12)20-10(2)23/h5,8-9,11H,4,6-7H2,1-3H3,(H,20,21,23)/t9-,11-/m0/s1/i11D. The minimum absolute atomic E-state index is 0.00282. The van der Waals surface area contributed by atoms with Crippen LogP contribution in [-0.4, -0.2) is 51.5 Å². The molecule has 1 aliphatic heterocycles. The normalized spacial score (nSPS) is 23.5. The van der Waals surface area contributed by atoms with Gasteiger partial charge in [-0.15, -0.1) is 0 Å². The van der Waals surface area contributed by atoms with Crippen molar-refractivity contribution in [1.29, 1.82) is 0 Å². The molecule has 1 fully saturated rings. The highest BCUT2D eigenvalue weighted by molar-refractivity contribution is 7.15. The summed E-state index contributed by atoms with van der Waals surface area (Å²) in [5.41, 5.74) is 0. The second-order valence-corrected chi connectivity index (χ2v) is 7.00. The van der Waals surface area contributed by atoms with Crippen molar-refractivity contribution in [3.63, 3.8) is 0 Å². The van der Waals surface area contributed by atoms with Crippen molar-refractivity contribution in [3.05, 3.63) is 23.2 Å². The average Bonchev–Trinajstić information content (AvgIpc) is 3.06. The third-order valence-electron chi connectivity index (χ3n) is 3.88. The number of methoxy groups -OCH3 is 1. The molecule has 1 amide bonds. The van der Waals surface area contributed by atoms with Gasteiger partial charge in [0.2, 0.25) is 23.6 Å². The van der Waals surface area contributed by atoms with E-state index in [2.05, 4.69) is 20.3 Å². The van der Waals surface area contributed by atoms with Gasteiger partial charge in [-0.05, 0) is 6.92 Å². The molecule has 0 unspecified atom stereocenters. The van der Waals surface area contributed by atoms with Crippen molar-refractivity contribution < 1.29 is 20.0 Å². The van der Waals surface area contributed by atoms with E-state index in [9.17, 15) is 9.18 Å². The Morgan fingerprint density at radius 1 is 1.54 bits per heavy atom. The number of ether oxygens (including phenoxy) is 2. The van der Waals surface area contributed by atoms with E-state index >= 15 is 0 Å². The van der Waals surface area contributed by atoms with E-state index in [0.29, 0.717) is 17.2 Å². The largest absolute Gasteiger partial charge is 0.481 e. The minimum Gasteiger partial charge on any atom is -0.481 e. The molecule has 10 heteroatoms. The molecule has 1 saturated heterocycles. The molecule has 26 heavy (non-hydrogen) atoms. The van der Waals surface area contributed by atoms with Gasteiger partial charge in [0.05, 0.1) is 19.4 Å². The number of aromatic nitrogens is 3. The number of amides is 1. The number of anilines is 1. The average molecular weight is 382 g/mol. The molecule has 3 rings (SSSR count). The molecule has 0 radical (unpaired) electrons. The second-order valence-electron chi connectivity index (χ2n) is 5.91. The van der Waals surface area contributed by atoms with Gasteiger partial charge in [0.15, 0.2) is 5.13 Å². The van der Waals surface area contributed by atoms with E-state index in [0.717, 1.165) is 11.3 Å². The summed E-state index contributed by atoms with van der Waals surface area (Å²) in [7, 11) is 1.49. The highest BCUT2D eigenvalue weighted by Crippen LogP contribution is 2.28. The van der Waals surface area contributed by atoms with Crippen LogP contribution in [-0.2, 0) is 11.3 Å². The number of thiazole rings is 1. The smallest absolute Gasteiger partial charge is 0.230 e. The summed E-state index contributed by atoms with van der Waals surface area (Å²) in [6, 6.07) is 1.52. The Kier molecular flexibility index (Phi) is 5.21. The molecule has 2 atom stereocenters. The first-order valence-corrected chi connectivity index (χ1v) is 8.81. The molecule has 2 aromatic rings. The third kappa shape index (κ3) is 4.44. The van der Waals surface area contributed by atoms with Gasteiger partial charge in [0.25, 0.3) is 0 Å². The fourth-order valence-corrected chi connectivity index (χ4v) is 3.56. The van der Waals surface area contributed by atoms with Gasteiger partial charge in [0.1, 0.15) is 12.4 Å². The summed E-state index contributed by atoms with van der Waals surface area (Å²) in [6.07, 6.45) is 0.516. The number of nitrogens with one attached hydrogen (secondary N) is 1. The second kappa shape index (κ2) is 7.92. The van der Waals surface area contributed by atoms with Crippen LogP contribution < -0.4 is 14.8 Å². The van der Waals surface area contributed by atoms with Crippen LogP contribution in [0.25, 0.3) is 0 Å². The van der Waals surface area contributed by atoms with E-state index in [1.165, 1.54) is 26.4 Å². The molecule has 3 heterocycles. The molecule has 8 nitrogen and oxygen atoms in total. The molecular weight excluding hydrogens is 361 g/mol. The Labute approximate surface area is 155 Å². The third-order valence-corrected chi connectivity index (χ3v) is 4.81. The van der Waals surface area contributed by atoms with E-state index in [4.69, 9.17) is 10.8 Å². The summed E-state index contributed by atoms with van der Waals surface area (Å²) >= 11 is 1.09. The van der Waals surface area contributed by atoms with E-state index < -0.39 is 12.0 Å². The van der Waals surface area contributed by atoms with Crippen molar-refractivity contribution in [2.75, 3.05) is 19.0 Å². The van der Waals surface area contributed by atoms with Gasteiger partial charge in [-0.25, -0.2) is 9.97 Å². The zero-order valence-electron chi connectivity index (χ0n) is 15.7. The summed E-state index contributed by atoms with van der Waals surface area (Å²) in [5, 5.41) is 2.71. The number of nitrogens with zero attached hydrogens (tertiary/aromatic N) is 4. The van der Waals surface area contributed by atoms with Crippen molar-refractivity contribution in [1.82, 2.24) is 19.9 Å². The number of halogens is 1. The molecule has 140 valence electrons. The van der Waals surface area contributed by atoms with Gasteiger partial charge >= 0.3 is 0 Å². The zero-order chi connectivity index (χ0) is 19.6. The number of likely N-dealkylation sites (tertiary alicyclic amines) is 1. The Morgan fingerprint density at radius 3 is 3.04 bits per heavy atom. The van der Waals surface area contributed by atoms with Crippen LogP contribution in [0.2, 0.25) is 0 Å². The molecule has 0 aromatic carbocycles. The maximum absolute atomic E-state index is 14.1. The predicted octanol–water partition coefficient (Wildman–Crippen LogP) is 2.08. The quantitative estimate of drug-likeness (QED) is 0.818. The van der Waals surface area contributed by atoms with Gasteiger partial charge in [-0.1, -0.05) is 11.3 Å². The topological polar surface area (TPSA) is 89.5 Å². The zero-order valence-corrected chi connectivity index (χ0v) is 15.5. The van der Waals surface area contributed by atoms with Crippen LogP contribution in [0.15, 0.2) is 12.4 Å². The molecule has 1 aliphatic rings. The molecular formula is C16H20FN5O3S. The van der Waals surface area contributed by atoms with Crippen molar-refractivity contribution in [3.8, 4) is 11.8 Å². The summed E-state index contributed by atoms with van der Waals surface area (Å²) < 4.78 is 33.5. The van der Waals surface area contributed by atoms with Crippen LogP contribution in [0.1, 0.15) is 26.5 Å². The number of hydrogen-bond acceptors (Lipinski definition) is 8. The number of hydrogen-bond donors (Lipinski definition) is 1. The first-order chi connectivity index (χ1) is 12.8. The summed E-state index contributed by atoms with van der Waals surface area (Å²) in [6.45, 7) is 3.85. The molecule has 1 N–H and O–H groups in total. The van der Waals surface area contributed by atoms with E-state index in [1.807, 2.05) is 11.8 Å². The van der Waals surface area contributed by atoms with Gasteiger partial charge in [-0.3, -0.25) is 9.69 Å². The number of carbonyl (C=O) groups is 1. The molecule has 0 spiro atoms. The first kappa shape index (κ1) is 17.1. The summed E-state index contributed by atoms with van der Waals surface area (Å²) in [5.74, 6) is -0.310. The lowest BCUT2D eigenvalue weighted by molar-refractivity contribution is -0.114. The Balaban J connectivity index is 1.68. The van der Waals surface area contributed by atoms with Gasteiger partial charge in [-0.2, -0.15) is 9.37 Å². The highest BCUT2D eigenvalue weighted by atomic mass is 32.1. The number of rotatable bonds is 6. The van der Waals surface area contributed by atoms with Crippen molar-refractivity contribution in [2.24, 2.45) is 0 Å². The minimum atomic E-state index is -1.22. The van der Waals surface area contributed by atoms with Crippen LogP contribution in [0.5, 0.6) is 11.8 Å². The maximum atomic E-state index is 14.1. The molecule has 2 aromatic heterocycles. The predicted molar refractivity (Wildman–Crippen MR) is 93.9 cm³/mol. The van der Waals surface area contributed by atoms with Gasteiger partial charge < -0.3 is 14.8 Å².